The lowest BCUT2D eigenvalue weighted by molar-refractivity contribution is 0.262. The number of aromatic nitrogens is 2. The molecule has 0 unspecified atom stereocenters. The van der Waals surface area contributed by atoms with Gasteiger partial charge in [0, 0.05) is 17.1 Å². The van der Waals surface area contributed by atoms with Crippen LogP contribution in [0.25, 0.3) is 0 Å². The number of hydrogen-bond donors (Lipinski definition) is 3. The molecule has 0 spiro atoms. The van der Waals surface area contributed by atoms with Crippen molar-refractivity contribution >= 4 is 40.5 Å². The molecule has 27 heavy (non-hydrogen) atoms. The number of ether oxygens (including phenoxy) is 1. The smallest absolute Gasteiger partial charge is 0.323 e. The van der Waals surface area contributed by atoms with Crippen LogP contribution in [-0.2, 0) is 0 Å². The van der Waals surface area contributed by atoms with Crippen LogP contribution in [0.2, 0.25) is 5.02 Å². The summed E-state index contributed by atoms with van der Waals surface area (Å²) in [5, 5.41) is 17.1. The minimum absolute atomic E-state index is 0.374. The maximum absolute atomic E-state index is 12.1. The van der Waals surface area contributed by atoms with Gasteiger partial charge in [0.1, 0.15) is 5.75 Å². The van der Waals surface area contributed by atoms with Gasteiger partial charge in [-0.25, -0.2) is 4.79 Å². The number of nitrogens with one attached hydrogen (secondary N) is 3. The fourth-order valence-corrected chi connectivity index (χ4v) is 2.55. The molecule has 0 aliphatic heterocycles. The minimum atomic E-state index is -0.374. The highest BCUT2D eigenvalue weighted by Gasteiger charge is 2.06. The SMILES string of the molecule is COc1ccc(NC(=O)Nc2ccc(Nc3ccc(C)nn3)cc2)cc1Cl. The van der Waals surface area contributed by atoms with E-state index in [0.717, 1.165) is 11.4 Å². The first-order valence-corrected chi connectivity index (χ1v) is 8.50. The van der Waals surface area contributed by atoms with Gasteiger partial charge in [-0.3, -0.25) is 0 Å². The van der Waals surface area contributed by atoms with Gasteiger partial charge in [-0.1, -0.05) is 11.6 Å². The van der Waals surface area contributed by atoms with Crippen LogP contribution in [-0.4, -0.2) is 23.3 Å². The Morgan fingerprint density at radius 3 is 2.22 bits per heavy atom. The highest BCUT2D eigenvalue weighted by molar-refractivity contribution is 6.32. The fraction of sp³-hybridized carbons (Fsp3) is 0.105. The molecule has 1 heterocycles. The predicted molar refractivity (Wildman–Crippen MR) is 107 cm³/mol. The summed E-state index contributed by atoms with van der Waals surface area (Å²) >= 11 is 6.05. The van der Waals surface area contributed by atoms with E-state index in [4.69, 9.17) is 16.3 Å². The van der Waals surface area contributed by atoms with Crippen LogP contribution in [0.4, 0.5) is 27.7 Å². The van der Waals surface area contributed by atoms with E-state index in [1.54, 1.807) is 30.3 Å². The molecule has 138 valence electrons. The Balaban J connectivity index is 1.58. The molecule has 3 N–H and O–H groups in total. The summed E-state index contributed by atoms with van der Waals surface area (Å²) in [6, 6.07) is 15.6. The zero-order chi connectivity index (χ0) is 19.2. The van der Waals surface area contributed by atoms with Gasteiger partial charge in [0.25, 0.3) is 0 Å². The first kappa shape index (κ1) is 18.5. The number of methoxy groups -OCH3 is 1. The quantitative estimate of drug-likeness (QED) is 0.587. The Morgan fingerprint density at radius 2 is 1.59 bits per heavy atom. The minimum Gasteiger partial charge on any atom is -0.495 e. The number of aryl methyl sites for hydroxylation is 1. The van der Waals surface area contributed by atoms with E-state index < -0.39 is 0 Å². The van der Waals surface area contributed by atoms with Crippen molar-refractivity contribution in [3.63, 3.8) is 0 Å². The summed E-state index contributed by atoms with van der Waals surface area (Å²) in [6.07, 6.45) is 0. The molecule has 8 heteroatoms. The van der Waals surface area contributed by atoms with Crippen molar-refractivity contribution in [2.24, 2.45) is 0 Å². The first-order valence-electron chi connectivity index (χ1n) is 8.12. The lowest BCUT2D eigenvalue weighted by atomic mass is 10.2. The van der Waals surface area contributed by atoms with Gasteiger partial charge in [0.2, 0.25) is 0 Å². The molecule has 0 saturated heterocycles. The summed E-state index contributed by atoms with van der Waals surface area (Å²) in [5.41, 5.74) is 2.90. The summed E-state index contributed by atoms with van der Waals surface area (Å²) in [5.74, 6) is 1.19. The number of halogens is 1. The Labute approximate surface area is 161 Å². The number of nitrogens with zero attached hydrogens (tertiary/aromatic N) is 2. The van der Waals surface area contributed by atoms with Crippen molar-refractivity contribution in [3.05, 3.63) is 65.3 Å². The number of rotatable bonds is 5. The first-order chi connectivity index (χ1) is 13.0. The van der Waals surface area contributed by atoms with E-state index in [9.17, 15) is 4.79 Å². The Hall–Kier alpha value is -3.32. The lowest BCUT2D eigenvalue weighted by Gasteiger charge is -2.10. The summed E-state index contributed by atoms with van der Waals surface area (Å²) in [4.78, 5) is 12.1. The van der Waals surface area contributed by atoms with Crippen LogP contribution in [0.15, 0.2) is 54.6 Å². The number of anilines is 4. The van der Waals surface area contributed by atoms with Crippen molar-refractivity contribution in [1.29, 1.82) is 0 Å². The molecular weight excluding hydrogens is 366 g/mol. The van der Waals surface area contributed by atoms with Gasteiger partial charge in [-0.15, -0.1) is 5.10 Å². The maximum atomic E-state index is 12.1. The molecule has 0 saturated carbocycles. The van der Waals surface area contributed by atoms with Crippen LogP contribution < -0.4 is 20.7 Å². The third kappa shape index (κ3) is 5.08. The van der Waals surface area contributed by atoms with Gasteiger partial charge < -0.3 is 20.7 Å². The maximum Gasteiger partial charge on any atom is 0.323 e. The molecule has 3 aromatic rings. The van der Waals surface area contributed by atoms with Gasteiger partial charge in [-0.05, 0) is 61.5 Å². The second-order valence-electron chi connectivity index (χ2n) is 5.69. The molecule has 0 aliphatic carbocycles. The lowest BCUT2D eigenvalue weighted by Crippen LogP contribution is -2.19. The molecule has 0 bridgehead atoms. The zero-order valence-corrected chi connectivity index (χ0v) is 15.5. The second kappa shape index (κ2) is 8.37. The monoisotopic (exact) mass is 383 g/mol. The number of amides is 2. The molecule has 2 amide bonds. The van der Waals surface area contributed by atoms with Crippen LogP contribution in [0.5, 0.6) is 5.75 Å². The fourth-order valence-electron chi connectivity index (χ4n) is 2.29. The molecule has 0 fully saturated rings. The molecule has 0 radical (unpaired) electrons. The Kier molecular flexibility index (Phi) is 5.73. The van der Waals surface area contributed by atoms with Crippen LogP contribution in [0.3, 0.4) is 0 Å². The number of hydrogen-bond acceptors (Lipinski definition) is 5. The molecule has 1 aromatic heterocycles. The van der Waals surface area contributed by atoms with Crippen LogP contribution in [0, 0.1) is 6.92 Å². The van der Waals surface area contributed by atoms with E-state index in [1.165, 1.54) is 7.11 Å². The van der Waals surface area contributed by atoms with E-state index in [1.807, 2.05) is 31.2 Å². The van der Waals surface area contributed by atoms with Crippen LogP contribution >= 0.6 is 11.6 Å². The molecule has 0 atom stereocenters. The van der Waals surface area contributed by atoms with E-state index >= 15 is 0 Å². The zero-order valence-electron chi connectivity index (χ0n) is 14.8. The average Bonchev–Trinajstić information content (AvgIpc) is 2.65. The standard InChI is InChI=1S/C19H18ClN5O2/c1-12-3-10-18(25-24-12)21-13-4-6-14(7-5-13)22-19(26)23-15-8-9-17(27-2)16(20)11-15/h3-11H,1-2H3,(H,21,25)(H2,22,23,26). The van der Waals surface area contributed by atoms with Crippen molar-refractivity contribution in [3.8, 4) is 5.75 Å². The second-order valence-corrected chi connectivity index (χ2v) is 6.10. The molecule has 2 aromatic carbocycles. The van der Waals surface area contributed by atoms with Crippen molar-refractivity contribution in [2.45, 2.75) is 6.92 Å². The number of urea groups is 1. The van der Waals surface area contributed by atoms with Gasteiger partial charge in [0.05, 0.1) is 17.8 Å². The van der Waals surface area contributed by atoms with Crippen LogP contribution in [0.1, 0.15) is 5.69 Å². The van der Waals surface area contributed by atoms with Crippen molar-refractivity contribution in [1.82, 2.24) is 10.2 Å². The summed E-state index contributed by atoms with van der Waals surface area (Å²) < 4.78 is 5.09. The molecule has 7 nitrogen and oxygen atoms in total. The third-order valence-corrected chi connectivity index (χ3v) is 3.92. The Morgan fingerprint density at radius 1 is 0.926 bits per heavy atom. The van der Waals surface area contributed by atoms with Gasteiger partial charge >= 0.3 is 6.03 Å². The highest BCUT2D eigenvalue weighted by atomic mass is 35.5. The molecule has 3 rings (SSSR count). The van der Waals surface area contributed by atoms with E-state index in [2.05, 4.69) is 26.1 Å². The summed E-state index contributed by atoms with van der Waals surface area (Å²) in [7, 11) is 1.53. The average molecular weight is 384 g/mol. The van der Waals surface area contributed by atoms with Gasteiger partial charge in [-0.2, -0.15) is 5.10 Å². The number of carbonyl (C=O) groups excluding carboxylic acids is 1. The van der Waals surface area contributed by atoms with Gasteiger partial charge in [0.15, 0.2) is 5.82 Å². The molecular formula is C19H18ClN5O2. The number of carbonyl (C=O) groups is 1. The van der Waals surface area contributed by atoms with Crippen molar-refractivity contribution in [2.75, 3.05) is 23.1 Å². The topological polar surface area (TPSA) is 88.2 Å². The predicted octanol–water partition coefficient (Wildman–Crippen LogP) is 4.83. The molecule has 0 aliphatic rings. The van der Waals surface area contributed by atoms with E-state index in [0.29, 0.717) is 28.0 Å². The Bertz CT molecular complexity index is 930. The highest BCUT2D eigenvalue weighted by Crippen LogP contribution is 2.27. The normalized spacial score (nSPS) is 10.2. The van der Waals surface area contributed by atoms with E-state index in [-0.39, 0.29) is 6.03 Å². The number of benzene rings is 2. The van der Waals surface area contributed by atoms with Crippen molar-refractivity contribution < 1.29 is 9.53 Å². The summed E-state index contributed by atoms with van der Waals surface area (Å²) in [6.45, 7) is 1.88. The largest absolute Gasteiger partial charge is 0.495 e. The third-order valence-electron chi connectivity index (χ3n) is 3.62.